The highest BCUT2D eigenvalue weighted by atomic mass is 79.9. The number of halogens is 1. The van der Waals surface area contributed by atoms with E-state index in [-0.39, 0.29) is 16.1 Å². The number of carbonyl (C=O) groups excluding carboxylic acids is 1. The fourth-order valence-electron chi connectivity index (χ4n) is 2.19. The number of rotatable bonds is 4. The van der Waals surface area contributed by atoms with E-state index in [0.29, 0.717) is 12.1 Å². The van der Waals surface area contributed by atoms with Crippen LogP contribution in [0.5, 0.6) is 0 Å². The van der Waals surface area contributed by atoms with Gasteiger partial charge in [0.25, 0.3) is 5.91 Å². The van der Waals surface area contributed by atoms with Gasteiger partial charge in [0.05, 0.1) is 5.56 Å². The zero-order valence-electron chi connectivity index (χ0n) is 12.1. The maximum Gasteiger partial charge on any atom is 0.255 e. The average molecular weight is 338 g/mol. The Hall–Kier alpha value is -1.29. The minimum absolute atomic E-state index is 0.0895. The Morgan fingerprint density at radius 2 is 2.05 bits per heavy atom. The molecule has 0 saturated heterocycles. The summed E-state index contributed by atoms with van der Waals surface area (Å²) in [5.74, 6) is -0.0895. The minimum atomic E-state index is -0.0895. The molecule has 3 nitrogen and oxygen atoms in total. The van der Waals surface area contributed by atoms with Gasteiger partial charge in [-0.15, -0.1) is 0 Å². The van der Waals surface area contributed by atoms with Gasteiger partial charge in [0.2, 0.25) is 0 Å². The molecule has 4 heteroatoms. The van der Waals surface area contributed by atoms with E-state index in [2.05, 4.69) is 42.0 Å². The Morgan fingerprint density at radius 3 is 2.75 bits per heavy atom. The van der Waals surface area contributed by atoms with Crippen LogP contribution in [-0.4, -0.2) is 17.3 Å². The quantitative estimate of drug-likeness (QED) is 0.842. The Kier molecular flexibility index (Phi) is 4.53. The molecular weight excluding hydrogens is 318 g/mol. The van der Waals surface area contributed by atoms with Crippen LogP contribution >= 0.6 is 15.9 Å². The molecule has 108 valence electrons. The fourth-order valence-corrected chi connectivity index (χ4v) is 3.32. The van der Waals surface area contributed by atoms with Crippen LogP contribution in [0.3, 0.4) is 0 Å². The van der Waals surface area contributed by atoms with Crippen LogP contribution in [0.25, 0.3) is 11.0 Å². The van der Waals surface area contributed by atoms with E-state index in [0.717, 1.165) is 17.4 Å². The summed E-state index contributed by atoms with van der Waals surface area (Å²) >= 11 is 3.62. The largest absolute Gasteiger partial charge is 0.463 e. The number of alkyl halides is 1. The summed E-state index contributed by atoms with van der Waals surface area (Å²) in [5.41, 5.74) is 1.57. The summed E-state index contributed by atoms with van der Waals surface area (Å²) in [6.07, 6.45) is 2.52. The van der Waals surface area contributed by atoms with Crippen molar-refractivity contribution in [3.05, 3.63) is 36.1 Å². The molecule has 0 aliphatic heterocycles. The molecule has 1 heterocycles. The third-order valence-corrected chi connectivity index (χ3v) is 3.69. The number of para-hydroxylation sites is 1. The first-order valence-electron chi connectivity index (χ1n) is 6.75. The predicted molar refractivity (Wildman–Crippen MR) is 85.3 cm³/mol. The number of benzene rings is 1. The van der Waals surface area contributed by atoms with Crippen LogP contribution in [0.1, 0.15) is 37.6 Å². The van der Waals surface area contributed by atoms with E-state index >= 15 is 0 Å². The predicted octanol–water partition coefficient (Wildman–Crippen LogP) is 4.36. The number of hydrogen-bond donors (Lipinski definition) is 1. The second-order valence-corrected chi connectivity index (χ2v) is 7.51. The van der Waals surface area contributed by atoms with E-state index in [1.807, 2.05) is 24.3 Å². The van der Waals surface area contributed by atoms with Gasteiger partial charge in [0, 0.05) is 16.8 Å². The first-order valence-corrected chi connectivity index (χ1v) is 7.67. The van der Waals surface area contributed by atoms with Crippen molar-refractivity contribution in [2.24, 2.45) is 5.41 Å². The van der Waals surface area contributed by atoms with Crippen LogP contribution in [0.2, 0.25) is 0 Å². The van der Waals surface area contributed by atoms with Gasteiger partial charge in [-0.05, 0) is 17.9 Å². The Morgan fingerprint density at radius 1 is 1.35 bits per heavy atom. The smallest absolute Gasteiger partial charge is 0.255 e. The van der Waals surface area contributed by atoms with Gasteiger partial charge in [-0.25, -0.2) is 0 Å². The number of hydrogen-bond acceptors (Lipinski definition) is 2. The van der Waals surface area contributed by atoms with Crippen molar-refractivity contribution in [1.82, 2.24) is 5.32 Å². The number of carbonyl (C=O) groups is 1. The molecule has 2 aromatic rings. The SMILES string of the molecule is CC(C)(C)CC(Br)CNC(=O)c1coc2ccccc12. The Labute approximate surface area is 127 Å². The van der Waals surface area contributed by atoms with Gasteiger partial charge in [0.1, 0.15) is 11.8 Å². The molecule has 1 aromatic heterocycles. The van der Waals surface area contributed by atoms with Crippen molar-refractivity contribution in [1.29, 1.82) is 0 Å². The van der Waals surface area contributed by atoms with Gasteiger partial charge >= 0.3 is 0 Å². The lowest BCUT2D eigenvalue weighted by Gasteiger charge is -2.22. The standard InChI is InChI=1S/C16H20BrNO2/c1-16(2,3)8-11(17)9-18-15(19)13-10-20-14-7-5-4-6-12(13)14/h4-7,10-11H,8-9H2,1-3H3,(H,18,19). The number of fused-ring (bicyclic) bond motifs is 1. The minimum Gasteiger partial charge on any atom is -0.463 e. The molecule has 1 aromatic carbocycles. The molecule has 0 fully saturated rings. The van der Waals surface area contributed by atoms with Gasteiger partial charge in [-0.2, -0.15) is 0 Å². The molecule has 1 amide bonds. The molecule has 2 rings (SSSR count). The molecule has 1 unspecified atom stereocenters. The number of amides is 1. The fraction of sp³-hybridized carbons (Fsp3) is 0.438. The summed E-state index contributed by atoms with van der Waals surface area (Å²) in [6.45, 7) is 7.17. The zero-order valence-corrected chi connectivity index (χ0v) is 13.7. The van der Waals surface area contributed by atoms with Crippen LogP contribution in [0.15, 0.2) is 34.9 Å². The second-order valence-electron chi connectivity index (χ2n) is 6.22. The molecule has 0 radical (unpaired) electrons. The van der Waals surface area contributed by atoms with Crippen LogP contribution in [-0.2, 0) is 0 Å². The van der Waals surface area contributed by atoms with Crippen LogP contribution in [0.4, 0.5) is 0 Å². The summed E-state index contributed by atoms with van der Waals surface area (Å²) in [6, 6.07) is 7.56. The van der Waals surface area contributed by atoms with E-state index in [9.17, 15) is 4.79 Å². The summed E-state index contributed by atoms with van der Waals surface area (Å²) in [7, 11) is 0. The molecule has 0 saturated carbocycles. The highest BCUT2D eigenvalue weighted by molar-refractivity contribution is 9.09. The monoisotopic (exact) mass is 337 g/mol. The molecule has 0 spiro atoms. The summed E-state index contributed by atoms with van der Waals surface area (Å²) in [5, 5.41) is 3.81. The van der Waals surface area contributed by atoms with Gasteiger partial charge in [-0.1, -0.05) is 54.9 Å². The highest BCUT2D eigenvalue weighted by Crippen LogP contribution is 2.24. The van der Waals surface area contributed by atoms with Crippen molar-refractivity contribution in [2.75, 3.05) is 6.54 Å². The lowest BCUT2D eigenvalue weighted by Crippen LogP contribution is -2.31. The van der Waals surface area contributed by atoms with E-state index in [1.165, 1.54) is 6.26 Å². The maximum atomic E-state index is 12.2. The topological polar surface area (TPSA) is 42.2 Å². The lowest BCUT2D eigenvalue weighted by molar-refractivity contribution is 0.0953. The average Bonchev–Trinajstić information content (AvgIpc) is 2.78. The third kappa shape index (κ3) is 3.85. The summed E-state index contributed by atoms with van der Waals surface area (Å²) < 4.78 is 5.39. The van der Waals surface area contributed by atoms with Crippen molar-refractivity contribution in [3.8, 4) is 0 Å². The van der Waals surface area contributed by atoms with Gasteiger partial charge in [-0.3, -0.25) is 4.79 Å². The van der Waals surface area contributed by atoms with Crippen molar-refractivity contribution in [3.63, 3.8) is 0 Å². The molecule has 0 bridgehead atoms. The normalized spacial score (nSPS) is 13.4. The molecule has 0 aliphatic carbocycles. The molecule has 20 heavy (non-hydrogen) atoms. The molecule has 0 aliphatic rings. The lowest BCUT2D eigenvalue weighted by atomic mass is 9.90. The molecule has 1 atom stereocenters. The van der Waals surface area contributed by atoms with Crippen LogP contribution < -0.4 is 5.32 Å². The van der Waals surface area contributed by atoms with Crippen molar-refractivity contribution in [2.45, 2.75) is 32.0 Å². The van der Waals surface area contributed by atoms with Crippen LogP contribution in [0, 0.1) is 5.41 Å². The first-order chi connectivity index (χ1) is 9.37. The highest BCUT2D eigenvalue weighted by Gasteiger charge is 2.18. The second kappa shape index (κ2) is 6.00. The number of nitrogens with one attached hydrogen (secondary N) is 1. The van der Waals surface area contributed by atoms with Crippen molar-refractivity contribution < 1.29 is 9.21 Å². The Bertz CT molecular complexity index is 598. The van der Waals surface area contributed by atoms with E-state index in [4.69, 9.17) is 4.42 Å². The molecular formula is C16H20BrNO2. The maximum absolute atomic E-state index is 12.2. The third-order valence-electron chi connectivity index (χ3n) is 3.04. The van der Waals surface area contributed by atoms with E-state index < -0.39 is 0 Å². The van der Waals surface area contributed by atoms with Gasteiger partial charge in [0.15, 0.2) is 0 Å². The first kappa shape index (κ1) is 15.1. The van der Waals surface area contributed by atoms with Gasteiger partial charge < -0.3 is 9.73 Å². The van der Waals surface area contributed by atoms with Crippen molar-refractivity contribution >= 4 is 32.8 Å². The molecule has 1 N–H and O–H groups in total. The Balaban J connectivity index is 1.99. The zero-order chi connectivity index (χ0) is 14.8. The summed E-state index contributed by atoms with van der Waals surface area (Å²) in [4.78, 5) is 12.5. The number of furan rings is 1. The van der Waals surface area contributed by atoms with E-state index in [1.54, 1.807) is 0 Å².